The molecule has 0 saturated carbocycles. The lowest BCUT2D eigenvalue weighted by Gasteiger charge is -2.17. The summed E-state index contributed by atoms with van der Waals surface area (Å²) < 4.78 is 15.5. The van der Waals surface area contributed by atoms with Gasteiger partial charge in [0.2, 0.25) is 5.91 Å². The van der Waals surface area contributed by atoms with Crippen molar-refractivity contribution in [2.45, 2.75) is 19.5 Å². The fourth-order valence-corrected chi connectivity index (χ4v) is 4.02. The second-order valence-corrected chi connectivity index (χ2v) is 9.25. The maximum atomic E-state index is 13.5. The van der Waals surface area contributed by atoms with E-state index in [-0.39, 0.29) is 23.9 Å². The molecule has 3 heterocycles. The molecule has 1 unspecified atom stereocenters. The fraction of sp³-hybridized carbons (Fsp3) is 0.148. The zero-order valence-electron chi connectivity index (χ0n) is 20.0. The standard InChI is InChI=1S/C27H23BrFN5O3/c1-16(30-2)26(36)33-23-7-8-24(19-10-21(28)14-32-12-19)34(27(23)37)15-17-9-20(13-31-11-17)25(35)18-3-5-22(29)6-4-18/h3-14,16,30H,15H2,1-2H3,(H,33,36). The molecule has 8 nitrogen and oxygen atoms in total. The number of likely N-dealkylation sites (N-methyl/N-ethyl adjacent to an activating group) is 1. The summed E-state index contributed by atoms with van der Waals surface area (Å²) in [5.74, 6) is -1.11. The lowest BCUT2D eigenvalue weighted by atomic mass is 10.0. The molecule has 0 saturated heterocycles. The quantitative estimate of drug-likeness (QED) is 0.313. The molecule has 1 aromatic carbocycles. The molecule has 1 amide bonds. The van der Waals surface area contributed by atoms with Gasteiger partial charge in [0.05, 0.1) is 18.3 Å². The third kappa shape index (κ3) is 6.04. The number of hydrogen-bond donors (Lipinski definition) is 2. The molecular weight excluding hydrogens is 541 g/mol. The molecule has 188 valence electrons. The molecule has 10 heteroatoms. The molecule has 0 bridgehead atoms. The molecule has 3 aromatic heterocycles. The van der Waals surface area contributed by atoms with Gasteiger partial charge in [-0.05, 0) is 84.0 Å². The third-order valence-electron chi connectivity index (χ3n) is 5.76. The molecule has 0 spiro atoms. The summed E-state index contributed by atoms with van der Waals surface area (Å²) in [5, 5.41) is 5.51. The second kappa shape index (κ2) is 11.4. The van der Waals surface area contributed by atoms with Gasteiger partial charge in [0.15, 0.2) is 5.78 Å². The minimum Gasteiger partial charge on any atom is -0.320 e. The van der Waals surface area contributed by atoms with Crippen molar-refractivity contribution in [1.82, 2.24) is 19.9 Å². The molecule has 0 aliphatic carbocycles. The van der Waals surface area contributed by atoms with Gasteiger partial charge in [0, 0.05) is 46.0 Å². The van der Waals surface area contributed by atoms with Crippen molar-refractivity contribution in [2.24, 2.45) is 0 Å². The number of carbonyl (C=O) groups excluding carboxylic acids is 2. The SMILES string of the molecule is CNC(C)C(=O)Nc1ccc(-c2cncc(Br)c2)n(Cc2cncc(C(=O)c3ccc(F)cc3)c2)c1=O. The number of amides is 1. The van der Waals surface area contributed by atoms with Crippen LogP contribution in [-0.2, 0) is 11.3 Å². The van der Waals surface area contributed by atoms with Crippen molar-refractivity contribution in [3.05, 3.63) is 111 Å². The highest BCUT2D eigenvalue weighted by atomic mass is 79.9. The molecule has 0 radical (unpaired) electrons. The molecule has 0 fully saturated rings. The number of aromatic nitrogens is 3. The van der Waals surface area contributed by atoms with Gasteiger partial charge >= 0.3 is 0 Å². The predicted octanol–water partition coefficient (Wildman–Crippen LogP) is 4.03. The van der Waals surface area contributed by atoms with Gasteiger partial charge in [0.1, 0.15) is 11.5 Å². The van der Waals surface area contributed by atoms with Gasteiger partial charge in [-0.2, -0.15) is 0 Å². The number of rotatable bonds is 8. The van der Waals surface area contributed by atoms with Gasteiger partial charge in [0.25, 0.3) is 5.56 Å². The van der Waals surface area contributed by atoms with Crippen LogP contribution in [0.3, 0.4) is 0 Å². The Hall–Kier alpha value is -4.02. The molecule has 4 rings (SSSR count). The highest BCUT2D eigenvalue weighted by Crippen LogP contribution is 2.23. The summed E-state index contributed by atoms with van der Waals surface area (Å²) in [4.78, 5) is 47.3. The van der Waals surface area contributed by atoms with E-state index in [4.69, 9.17) is 0 Å². The van der Waals surface area contributed by atoms with E-state index in [1.165, 1.54) is 35.0 Å². The van der Waals surface area contributed by atoms with Gasteiger partial charge in [-0.15, -0.1) is 0 Å². The zero-order chi connectivity index (χ0) is 26.5. The van der Waals surface area contributed by atoms with E-state index in [0.717, 1.165) is 4.47 Å². The van der Waals surface area contributed by atoms with Gasteiger partial charge in [-0.25, -0.2) is 4.39 Å². The minimum atomic E-state index is -0.500. The summed E-state index contributed by atoms with van der Waals surface area (Å²) in [6, 6.07) is 11.5. The monoisotopic (exact) mass is 563 g/mol. The van der Waals surface area contributed by atoms with E-state index < -0.39 is 17.4 Å². The summed E-state index contributed by atoms with van der Waals surface area (Å²) in [7, 11) is 1.65. The lowest BCUT2D eigenvalue weighted by molar-refractivity contribution is -0.117. The minimum absolute atomic E-state index is 0.0729. The topological polar surface area (TPSA) is 106 Å². The van der Waals surface area contributed by atoms with Crippen LogP contribution in [-0.4, -0.2) is 39.3 Å². The number of carbonyl (C=O) groups is 2. The number of anilines is 1. The Morgan fingerprint density at radius 2 is 1.73 bits per heavy atom. The van der Waals surface area contributed by atoms with Crippen LogP contribution >= 0.6 is 15.9 Å². The van der Waals surface area contributed by atoms with Crippen LogP contribution < -0.4 is 16.2 Å². The largest absolute Gasteiger partial charge is 0.320 e. The maximum absolute atomic E-state index is 13.5. The number of halogens is 2. The summed E-state index contributed by atoms with van der Waals surface area (Å²) in [6.45, 7) is 1.76. The highest BCUT2D eigenvalue weighted by molar-refractivity contribution is 9.10. The number of nitrogens with zero attached hydrogens (tertiary/aromatic N) is 3. The van der Waals surface area contributed by atoms with E-state index in [2.05, 4.69) is 36.5 Å². The first-order chi connectivity index (χ1) is 17.8. The van der Waals surface area contributed by atoms with Crippen molar-refractivity contribution in [1.29, 1.82) is 0 Å². The van der Waals surface area contributed by atoms with E-state index in [1.807, 2.05) is 6.07 Å². The Labute approximate surface area is 220 Å². The van der Waals surface area contributed by atoms with Crippen LogP contribution in [0.15, 0.2) is 82.6 Å². The summed E-state index contributed by atoms with van der Waals surface area (Å²) in [5.41, 5.74) is 2.14. The smallest absolute Gasteiger partial charge is 0.275 e. The number of hydrogen-bond acceptors (Lipinski definition) is 6. The maximum Gasteiger partial charge on any atom is 0.275 e. The van der Waals surface area contributed by atoms with Gasteiger partial charge in [-0.1, -0.05) is 0 Å². The zero-order valence-corrected chi connectivity index (χ0v) is 21.6. The van der Waals surface area contributed by atoms with Crippen LogP contribution in [0, 0.1) is 5.82 Å². The van der Waals surface area contributed by atoms with E-state index in [1.54, 1.807) is 50.8 Å². The molecule has 0 aliphatic rings. The van der Waals surface area contributed by atoms with Crippen LogP contribution in [0.25, 0.3) is 11.3 Å². The molecular formula is C27H23BrFN5O3. The normalized spacial score (nSPS) is 11.7. The molecule has 37 heavy (non-hydrogen) atoms. The number of pyridine rings is 3. The summed E-state index contributed by atoms with van der Waals surface area (Å²) >= 11 is 3.41. The first-order valence-electron chi connectivity index (χ1n) is 11.3. The van der Waals surface area contributed by atoms with Crippen LogP contribution in [0.2, 0.25) is 0 Å². The van der Waals surface area contributed by atoms with Crippen LogP contribution in [0.5, 0.6) is 0 Å². The second-order valence-electron chi connectivity index (χ2n) is 8.33. The van der Waals surface area contributed by atoms with Crippen molar-refractivity contribution in [3.63, 3.8) is 0 Å². The van der Waals surface area contributed by atoms with E-state index in [9.17, 15) is 18.8 Å². The third-order valence-corrected chi connectivity index (χ3v) is 6.20. The van der Waals surface area contributed by atoms with Crippen molar-refractivity contribution >= 4 is 33.3 Å². The molecule has 0 aliphatic heterocycles. The number of benzene rings is 1. The number of nitrogens with one attached hydrogen (secondary N) is 2. The Balaban J connectivity index is 1.75. The first kappa shape index (κ1) is 26.1. The lowest BCUT2D eigenvalue weighted by Crippen LogP contribution is -2.37. The van der Waals surface area contributed by atoms with E-state index >= 15 is 0 Å². The Kier molecular flexibility index (Phi) is 8.00. The van der Waals surface area contributed by atoms with E-state index in [0.29, 0.717) is 27.9 Å². The van der Waals surface area contributed by atoms with Crippen molar-refractivity contribution < 1.29 is 14.0 Å². The van der Waals surface area contributed by atoms with Crippen LogP contribution in [0.4, 0.5) is 10.1 Å². The Morgan fingerprint density at radius 1 is 1.00 bits per heavy atom. The average Bonchev–Trinajstić information content (AvgIpc) is 2.90. The van der Waals surface area contributed by atoms with Crippen molar-refractivity contribution in [3.8, 4) is 11.3 Å². The summed E-state index contributed by atoms with van der Waals surface area (Å²) in [6.07, 6.45) is 6.25. The Morgan fingerprint density at radius 3 is 2.43 bits per heavy atom. The predicted molar refractivity (Wildman–Crippen MR) is 142 cm³/mol. The Bertz CT molecular complexity index is 1520. The fourth-order valence-electron chi connectivity index (χ4n) is 3.66. The highest BCUT2D eigenvalue weighted by Gasteiger charge is 2.17. The molecule has 4 aromatic rings. The van der Waals surface area contributed by atoms with Gasteiger partial charge < -0.3 is 15.2 Å². The average molecular weight is 564 g/mol. The molecule has 2 N–H and O–H groups in total. The molecule has 1 atom stereocenters. The first-order valence-corrected chi connectivity index (χ1v) is 12.1. The van der Waals surface area contributed by atoms with Gasteiger partial charge in [-0.3, -0.25) is 24.4 Å². The number of ketones is 1. The van der Waals surface area contributed by atoms with Crippen LogP contribution in [0.1, 0.15) is 28.4 Å². The van der Waals surface area contributed by atoms with Crippen molar-refractivity contribution in [2.75, 3.05) is 12.4 Å².